The minimum absolute atomic E-state index is 0.0122. The van der Waals surface area contributed by atoms with Crippen LogP contribution in [0.3, 0.4) is 0 Å². The second kappa shape index (κ2) is 8.30. The number of carbonyl (C=O) groups excluding carboxylic acids is 2. The zero-order chi connectivity index (χ0) is 20.3. The Morgan fingerprint density at radius 1 is 1.07 bits per heavy atom. The van der Waals surface area contributed by atoms with Gasteiger partial charge in [0.2, 0.25) is 0 Å². The number of rotatable bonds is 4. The molecule has 0 unspecified atom stereocenters. The summed E-state index contributed by atoms with van der Waals surface area (Å²) in [6, 6.07) is 10.6. The molecule has 2 aromatic rings. The average molecular weight is 423 g/mol. The monoisotopic (exact) mass is 422 g/mol. The van der Waals surface area contributed by atoms with Crippen LogP contribution in [0.5, 0.6) is 0 Å². The van der Waals surface area contributed by atoms with E-state index in [1.54, 1.807) is 29.2 Å². The summed E-state index contributed by atoms with van der Waals surface area (Å²) in [5.41, 5.74) is 0.677. The van der Waals surface area contributed by atoms with Crippen LogP contribution in [0, 0.1) is 0 Å². The molecule has 148 valence electrons. The number of sulfone groups is 1. The SMILES string of the molecule is CS(=O)(=O)c1ccc(Cl)c(C(=O)Nc2ccccc2C(=O)N2CCOCC2)c1. The Morgan fingerprint density at radius 2 is 1.75 bits per heavy atom. The molecule has 1 fully saturated rings. The van der Waals surface area contributed by atoms with Crippen molar-refractivity contribution in [2.75, 3.05) is 37.9 Å². The fourth-order valence-electron chi connectivity index (χ4n) is 2.81. The van der Waals surface area contributed by atoms with Gasteiger partial charge in [-0.1, -0.05) is 23.7 Å². The second-order valence-electron chi connectivity index (χ2n) is 6.32. The van der Waals surface area contributed by atoms with Gasteiger partial charge in [-0.2, -0.15) is 0 Å². The zero-order valence-corrected chi connectivity index (χ0v) is 16.7. The van der Waals surface area contributed by atoms with Crippen molar-refractivity contribution in [2.24, 2.45) is 0 Å². The number of anilines is 1. The lowest BCUT2D eigenvalue weighted by Gasteiger charge is -2.27. The number of halogens is 1. The van der Waals surface area contributed by atoms with Crippen molar-refractivity contribution < 1.29 is 22.7 Å². The van der Waals surface area contributed by atoms with Crippen LogP contribution in [-0.4, -0.2) is 57.7 Å². The lowest BCUT2D eigenvalue weighted by atomic mass is 10.1. The molecule has 1 heterocycles. The highest BCUT2D eigenvalue weighted by atomic mass is 35.5. The maximum absolute atomic E-state index is 12.8. The maximum atomic E-state index is 12.8. The van der Waals surface area contributed by atoms with Gasteiger partial charge in [0, 0.05) is 19.3 Å². The third-order valence-electron chi connectivity index (χ3n) is 4.31. The Kier molecular flexibility index (Phi) is 6.02. The summed E-state index contributed by atoms with van der Waals surface area (Å²) in [7, 11) is -3.50. The highest BCUT2D eigenvalue weighted by Gasteiger charge is 2.22. The van der Waals surface area contributed by atoms with E-state index in [9.17, 15) is 18.0 Å². The smallest absolute Gasteiger partial charge is 0.257 e. The molecule has 1 N–H and O–H groups in total. The van der Waals surface area contributed by atoms with Crippen LogP contribution in [-0.2, 0) is 14.6 Å². The van der Waals surface area contributed by atoms with Crippen LogP contribution in [0.1, 0.15) is 20.7 Å². The molecule has 0 saturated carbocycles. The Balaban J connectivity index is 1.88. The number of nitrogens with one attached hydrogen (secondary N) is 1. The number of nitrogens with zero attached hydrogens (tertiary/aromatic N) is 1. The minimum Gasteiger partial charge on any atom is -0.378 e. The molecule has 0 atom stereocenters. The summed E-state index contributed by atoms with van der Waals surface area (Å²) in [6.45, 7) is 1.88. The molecule has 0 radical (unpaired) electrons. The van der Waals surface area contributed by atoms with Gasteiger partial charge in [0.15, 0.2) is 9.84 Å². The first-order chi connectivity index (χ1) is 13.3. The highest BCUT2D eigenvalue weighted by molar-refractivity contribution is 7.90. The molecule has 1 saturated heterocycles. The van der Waals surface area contributed by atoms with Crippen LogP contribution in [0.15, 0.2) is 47.4 Å². The van der Waals surface area contributed by atoms with Crippen molar-refractivity contribution in [3.8, 4) is 0 Å². The Morgan fingerprint density at radius 3 is 2.43 bits per heavy atom. The van der Waals surface area contributed by atoms with E-state index in [2.05, 4.69) is 5.32 Å². The van der Waals surface area contributed by atoms with Crippen LogP contribution in [0.2, 0.25) is 5.02 Å². The standard InChI is InChI=1S/C19H19ClN2O5S/c1-28(25,26)13-6-7-16(20)15(12-13)18(23)21-17-5-3-2-4-14(17)19(24)22-8-10-27-11-9-22/h2-7,12H,8-11H2,1H3,(H,21,23). The Bertz CT molecular complexity index is 1020. The summed E-state index contributed by atoms with van der Waals surface area (Å²) in [6.07, 6.45) is 1.05. The van der Waals surface area contributed by atoms with Gasteiger partial charge in [-0.3, -0.25) is 9.59 Å². The van der Waals surface area contributed by atoms with Crippen LogP contribution < -0.4 is 5.32 Å². The predicted molar refractivity (Wildman–Crippen MR) is 106 cm³/mol. The van der Waals surface area contributed by atoms with Gasteiger partial charge in [0.25, 0.3) is 11.8 Å². The predicted octanol–water partition coefficient (Wildman–Crippen LogP) is 2.47. The van der Waals surface area contributed by atoms with Gasteiger partial charge in [-0.15, -0.1) is 0 Å². The number of morpholine rings is 1. The highest BCUT2D eigenvalue weighted by Crippen LogP contribution is 2.24. The number of hydrogen-bond donors (Lipinski definition) is 1. The molecule has 1 aliphatic rings. The van der Waals surface area contributed by atoms with Crippen LogP contribution >= 0.6 is 11.6 Å². The van der Waals surface area contributed by atoms with E-state index < -0.39 is 15.7 Å². The summed E-state index contributed by atoms with van der Waals surface area (Å²) in [4.78, 5) is 27.2. The van der Waals surface area contributed by atoms with E-state index in [0.29, 0.717) is 37.6 Å². The second-order valence-corrected chi connectivity index (χ2v) is 8.74. The fraction of sp³-hybridized carbons (Fsp3) is 0.263. The zero-order valence-electron chi connectivity index (χ0n) is 15.1. The number of hydrogen-bond acceptors (Lipinski definition) is 5. The number of ether oxygens (including phenoxy) is 1. The molecule has 2 amide bonds. The Hall–Kier alpha value is -2.42. The number of amides is 2. The topological polar surface area (TPSA) is 92.8 Å². The number of benzene rings is 2. The van der Waals surface area contributed by atoms with E-state index in [4.69, 9.17) is 16.3 Å². The van der Waals surface area contributed by atoms with E-state index in [1.807, 2.05) is 0 Å². The largest absolute Gasteiger partial charge is 0.378 e. The molecular weight excluding hydrogens is 404 g/mol. The van der Waals surface area contributed by atoms with Gasteiger partial charge in [0.1, 0.15) is 0 Å². The molecular formula is C19H19ClN2O5S. The third kappa shape index (κ3) is 4.52. The third-order valence-corrected chi connectivity index (χ3v) is 5.75. The Labute approximate surface area is 168 Å². The maximum Gasteiger partial charge on any atom is 0.257 e. The molecule has 7 nitrogen and oxygen atoms in total. The number of carbonyl (C=O) groups is 2. The molecule has 1 aliphatic heterocycles. The molecule has 2 aromatic carbocycles. The average Bonchev–Trinajstić information content (AvgIpc) is 2.68. The molecule has 28 heavy (non-hydrogen) atoms. The van der Waals surface area contributed by atoms with Crippen molar-refractivity contribution in [1.29, 1.82) is 0 Å². The van der Waals surface area contributed by atoms with Gasteiger partial charge >= 0.3 is 0 Å². The van der Waals surface area contributed by atoms with E-state index in [-0.39, 0.29) is 21.4 Å². The lowest BCUT2D eigenvalue weighted by molar-refractivity contribution is 0.0303. The first-order valence-corrected chi connectivity index (χ1v) is 10.8. The van der Waals surface area contributed by atoms with E-state index in [1.165, 1.54) is 18.2 Å². The van der Waals surface area contributed by atoms with Crippen molar-refractivity contribution >= 4 is 38.9 Å². The first-order valence-electron chi connectivity index (χ1n) is 8.54. The van der Waals surface area contributed by atoms with Crippen LogP contribution in [0.25, 0.3) is 0 Å². The minimum atomic E-state index is -3.50. The fourth-order valence-corrected chi connectivity index (χ4v) is 3.66. The summed E-state index contributed by atoms with van der Waals surface area (Å²) in [5.74, 6) is -0.812. The number of para-hydroxylation sites is 1. The van der Waals surface area contributed by atoms with E-state index in [0.717, 1.165) is 6.26 Å². The van der Waals surface area contributed by atoms with Crippen molar-refractivity contribution in [1.82, 2.24) is 4.90 Å². The van der Waals surface area contributed by atoms with Crippen molar-refractivity contribution in [2.45, 2.75) is 4.90 Å². The van der Waals surface area contributed by atoms with Gasteiger partial charge in [0.05, 0.1) is 39.9 Å². The molecule has 3 rings (SSSR count). The summed E-state index contributed by atoms with van der Waals surface area (Å²) in [5, 5.41) is 2.78. The quantitative estimate of drug-likeness (QED) is 0.817. The normalized spacial score (nSPS) is 14.6. The van der Waals surface area contributed by atoms with Gasteiger partial charge < -0.3 is 15.0 Å². The first kappa shape index (κ1) is 20.3. The van der Waals surface area contributed by atoms with Crippen molar-refractivity contribution in [3.05, 3.63) is 58.6 Å². The lowest BCUT2D eigenvalue weighted by Crippen LogP contribution is -2.41. The molecule has 0 aliphatic carbocycles. The molecule has 9 heteroatoms. The van der Waals surface area contributed by atoms with Crippen LogP contribution in [0.4, 0.5) is 5.69 Å². The van der Waals surface area contributed by atoms with Crippen molar-refractivity contribution in [3.63, 3.8) is 0 Å². The molecule has 0 spiro atoms. The summed E-state index contributed by atoms with van der Waals surface area (Å²) < 4.78 is 28.8. The molecule has 0 bridgehead atoms. The summed E-state index contributed by atoms with van der Waals surface area (Å²) >= 11 is 6.09. The molecule has 0 aromatic heterocycles. The van der Waals surface area contributed by atoms with Gasteiger partial charge in [-0.25, -0.2) is 8.42 Å². The van der Waals surface area contributed by atoms with E-state index >= 15 is 0 Å². The van der Waals surface area contributed by atoms with Gasteiger partial charge in [-0.05, 0) is 30.3 Å².